The minimum Gasteiger partial charge on any atom is -0.481 e. The zero-order valence-electron chi connectivity index (χ0n) is 11.4. The van der Waals surface area contributed by atoms with Gasteiger partial charge in [0.25, 0.3) is 0 Å². The van der Waals surface area contributed by atoms with Crippen molar-refractivity contribution >= 4 is 19.5 Å². The van der Waals surface area contributed by atoms with Crippen molar-refractivity contribution in [3.05, 3.63) is 35.4 Å². The third-order valence-corrected chi connectivity index (χ3v) is 4.00. The second kappa shape index (κ2) is 7.36. The van der Waals surface area contributed by atoms with Gasteiger partial charge in [-0.05, 0) is 18.9 Å². The average molecular weight is 316 g/mol. The van der Waals surface area contributed by atoms with Gasteiger partial charge in [0.1, 0.15) is 0 Å². The van der Waals surface area contributed by atoms with Gasteiger partial charge in [-0.3, -0.25) is 13.9 Å². The minimum atomic E-state index is -4.18. The molecule has 2 atom stereocenters. The molecule has 0 bridgehead atoms. The summed E-state index contributed by atoms with van der Waals surface area (Å²) >= 11 is 0. The summed E-state index contributed by atoms with van der Waals surface area (Å²) in [5, 5.41) is 17.4. The Morgan fingerprint density at radius 1 is 1.33 bits per heavy atom. The van der Waals surface area contributed by atoms with Gasteiger partial charge in [0.15, 0.2) is 6.10 Å². The first-order valence-electron chi connectivity index (χ1n) is 6.20. The molecule has 7 nitrogen and oxygen atoms in total. The molecule has 0 radical (unpaired) electrons. The van der Waals surface area contributed by atoms with Gasteiger partial charge in [-0.2, -0.15) is 0 Å². The summed E-state index contributed by atoms with van der Waals surface area (Å²) in [6.07, 6.45) is -2.78. The molecule has 1 aromatic rings. The van der Waals surface area contributed by atoms with Crippen LogP contribution in [0, 0.1) is 6.92 Å². The maximum atomic E-state index is 12.0. The Kier molecular flexibility index (Phi) is 6.08. The molecule has 1 aromatic carbocycles. The number of carboxylic acids is 2. The van der Waals surface area contributed by atoms with Crippen molar-refractivity contribution in [3.63, 3.8) is 0 Å². The summed E-state index contributed by atoms with van der Waals surface area (Å²) in [5.74, 6) is -2.66. The van der Waals surface area contributed by atoms with Crippen LogP contribution < -0.4 is 0 Å². The van der Waals surface area contributed by atoms with E-state index in [1.165, 1.54) is 0 Å². The topological polar surface area (TPSA) is 121 Å². The zero-order chi connectivity index (χ0) is 16.0. The van der Waals surface area contributed by atoms with E-state index in [0.717, 1.165) is 5.56 Å². The molecule has 21 heavy (non-hydrogen) atoms. The second-order valence-corrected chi connectivity index (χ2v) is 6.45. The Labute approximate surface area is 121 Å². The normalized spacial score (nSPS) is 15.1. The predicted molar refractivity (Wildman–Crippen MR) is 74.1 cm³/mol. The van der Waals surface area contributed by atoms with E-state index >= 15 is 0 Å². The third kappa shape index (κ3) is 6.53. The molecule has 0 amide bonds. The van der Waals surface area contributed by atoms with E-state index in [2.05, 4.69) is 0 Å². The molecule has 2 unspecified atom stereocenters. The fourth-order valence-electron chi connectivity index (χ4n) is 1.75. The summed E-state index contributed by atoms with van der Waals surface area (Å²) < 4.78 is 16.7. The molecule has 0 spiro atoms. The average Bonchev–Trinajstić information content (AvgIpc) is 2.33. The Morgan fingerprint density at radius 3 is 2.52 bits per heavy atom. The van der Waals surface area contributed by atoms with Gasteiger partial charge in [-0.1, -0.05) is 29.8 Å². The van der Waals surface area contributed by atoms with Crippen molar-refractivity contribution < 1.29 is 33.8 Å². The lowest BCUT2D eigenvalue weighted by Gasteiger charge is -2.17. The largest absolute Gasteiger partial charge is 0.481 e. The first kappa shape index (κ1) is 17.4. The highest BCUT2D eigenvalue weighted by molar-refractivity contribution is 7.52. The summed E-state index contributed by atoms with van der Waals surface area (Å²) in [4.78, 5) is 31.2. The Balaban J connectivity index is 2.74. The molecule has 8 heteroatoms. The maximum absolute atomic E-state index is 12.0. The number of rotatable bonds is 8. The number of carbonyl (C=O) groups is 2. The van der Waals surface area contributed by atoms with Crippen LogP contribution in [0.15, 0.2) is 24.3 Å². The molecule has 0 aliphatic carbocycles. The third-order valence-electron chi connectivity index (χ3n) is 2.65. The lowest BCUT2D eigenvalue weighted by molar-refractivity contribution is -0.146. The highest BCUT2D eigenvalue weighted by Gasteiger charge is 2.30. The van der Waals surface area contributed by atoms with Crippen LogP contribution >= 0.6 is 7.60 Å². The first-order chi connectivity index (χ1) is 9.69. The number of hydrogen-bond donors (Lipinski definition) is 3. The van der Waals surface area contributed by atoms with Crippen LogP contribution in [-0.4, -0.2) is 33.1 Å². The van der Waals surface area contributed by atoms with E-state index in [4.69, 9.17) is 14.7 Å². The van der Waals surface area contributed by atoms with Crippen molar-refractivity contribution in [1.82, 2.24) is 0 Å². The smallest absolute Gasteiger partial charge is 0.333 e. The van der Waals surface area contributed by atoms with Crippen LogP contribution in [0.1, 0.15) is 24.0 Å². The summed E-state index contributed by atoms with van der Waals surface area (Å²) in [6, 6.07) is 6.86. The van der Waals surface area contributed by atoms with Gasteiger partial charge in [-0.15, -0.1) is 0 Å². The zero-order valence-corrected chi connectivity index (χ0v) is 12.3. The van der Waals surface area contributed by atoms with E-state index < -0.39 is 32.1 Å². The van der Waals surface area contributed by atoms with Crippen molar-refractivity contribution in [3.8, 4) is 0 Å². The molecule has 0 saturated carbocycles. The number of carboxylic acid groups (broad SMARTS) is 2. The fraction of sp³-hybridized carbons (Fsp3) is 0.385. The molecule has 3 N–H and O–H groups in total. The van der Waals surface area contributed by atoms with E-state index in [-0.39, 0.29) is 12.6 Å². The van der Waals surface area contributed by atoms with Gasteiger partial charge in [0.2, 0.25) is 0 Å². The molecule has 0 aromatic heterocycles. The first-order valence-corrected chi connectivity index (χ1v) is 7.96. The van der Waals surface area contributed by atoms with Crippen LogP contribution in [0.2, 0.25) is 0 Å². The van der Waals surface area contributed by atoms with Gasteiger partial charge in [0, 0.05) is 6.42 Å². The number of aliphatic carboxylic acids is 2. The minimum absolute atomic E-state index is 0.328. The standard InChI is InChI=1S/C13H17O7P/c1-9-3-2-4-10(7-9)8-21(18,19)20-11(13(16)17)5-6-12(14)15/h2-4,7,11H,5-6,8H2,1H3,(H,14,15)(H,16,17)(H,18,19). The summed E-state index contributed by atoms with van der Waals surface area (Å²) in [6.45, 7) is 1.82. The second-order valence-electron chi connectivity index (χ2n) is 4.65. The number of benzene rings is 1. The highest BCUT2D eigenvalue weighted by atomic mass is 31.2. The Morgan fingerprint density at radius 2 is 2.00 bits per heavy atom. The fourth-order valence-corrected chi connectivity index (χ4v) is 3.08. The van der Waals surface area contributed by atoms with Crippen molar-refractivity contribution in [2.75, 3.05) is 0 Å². The monoisotopic (exact) mass is 316 g/mol. The Bertz CT molecular complexity index is 569. The van der Waals surface area contributed by atoms with Gasteiger partial charge >= 0.3 is 19.5 Å². The molecule has 0 aliphatic rings. The van der Waals surface area contributed by atoms with Crippen LogP contribution in [-0.2, 0) is 24.8 Å². The van der Waals surface area contributed by atoms with Gasteiger partial charge in [-0.25, -0.2) is 4.79 Å². The van der Waals surface area contributed by atoms with E-state index in [0.29, 0.717) is 5.56 Å². The van der Waals surface area contributed by atoms with Crippen LogP contribution in [0.25, 0.3) is 0 Å². The lowest BCUT2D eigenvalue weighted by atomic mass is 10.2. The molecule has 116 valence electrons. The van der Waals surface area contributed by atoms with Crippen molar-refractivity contribution in [2.24, 2.45) is 0 Å². The van der Waals surface area contributed by atoms with E-state index in [1.54, 1.807) is 18.2 Å². The maximum Gasteiger partial charge on any atom is 0.333 e. The molecule has 0 heterocycles. The van der Waals surface area contributed by atoms with Crippen LogP contribution in [0.4, 0.5) is 0 Å². The quantitative estimate of drug-likeness (QED) is 0.627. The van der Waals surface area contributed by atoms with E-state index in [1.807, 2.05) is 13.0 Å². The molecular formula is C13H17O7P. The van der Waals surface area contributed by atoms with Crippen molar-refractivity contribution in [1.29, 1.82) is 0 Å². The van der Waals surface area contributed by atoms with Gasteiger partial charge < -0.3 is 15.1 Å². The summed E-state index contributed by atoms with van der Waals surface area (Å²) in [5.41, 5.74) is 1.44. The number of aryl methyl sites for hydroxylation is 1. The molecule has 0 saturated heterocycles. The number of hydrogen-bond acceptors (Lipinski definition) is 4. The molecular weight excluding hydrogens is 299 g/mol. The molecule has 0 fully saturated rings. The highest BCUT2D eigenvalue weighted by Crippen LogP contribution is 2.47. The molecule has 1 rings (SSSR count). The van der Waals surface area contributed by atoms with E-state index in [9.17, 15) is 19.0 Å². The lowest BCUT2D eigenvalue weighted by Crippen LogP contribution is -2.24. The van der Waals surface area contributed by atoms with Gasteiger partial charge in [0.05, 0.1) is 6.16 Å². The van der Waals surface area contributed by atoms with Crippen LogP contribution in [0.5, 0.6) is 0 Å². The SMILES string of the molecule is Cc1cccc(CP(=O)(O)OC(CCC(=O)O)C(=O)O)c1. The summed E-state index contributed by atoms with van der Waals surface area (Å²) in [7, 11) is -4.18. The van der Waals surface area contributed by atoms with Crippen LogP contribution in [0.3, 0.4) is 0 Å². The van der Waals surface area contributed by atoms with Crippen molar-refractivity contribution in [2.45, 2.75) is 32.0 Å². The predicted octanol–water partition coefficient (Wildman–Crippen LogP) is 2.02. The Hall–Kier alpha value is -1.69. The molecule has 0 aliphatic heterocycles.